The molecule has 3 N–H and O–H groups in total. The van der Waals surface area contributed by atoms with Crippen molar-refractivity contribution in [3.63, 3.8) is 0 Å². The minimum atomic E-state index is -0.945. The molecule has 0 aliphatic rings. The summed E-state index contributed by atoms with van der Waals surface area (Å²) in [5.74, 6) is -1.40. The number of hydrogen-bond acceptors (Lipinski definition) is 4. The molecule has 160 valence electrons. The molecule has 0 saturated carbocycles. The largest absolute Gasteiger partial charge is 0.480 e. The van der Waals surface area contributed by atoms with Crippen molar-refractivity contribution in [2.75, 3.05) is 10.6 Å². The first-order valence-electron chi connectivity index (χ1n) is 9.65. The molecule has 3 aromatic rings. The number of carboxylic acids is 1. The summed E-state index contributed by atoms with van der Waals surface area (Å²) < 4.78 is 0. The summed E-state index contributed by atoms with van der Waals surface area (Å²) in [5, 5.41) is 15.7. The topological polar surface area (TPSA) is 91.3 Å². The van der Waals surface area contributed by atoms with Crippen molar-refractivity contribution in [2.24, 2.45) is 0 Å². The molecule has 0 fully saturated rings. The first kappa shape index (κ1) is 22.6. The smallest absolute Gasteiger partial charge is 0.326 e. The molecular formula is C23H21Cl2N3O3. The van der Waals surface area contributed by atoms with Crippen LogP contribution in [0, 0.1) is 0 Å². The van der Waals surface area contributed by atoms with Crippen LogP contribution in [0.15, 0.2) is 60.9 Å². The average Bonchev–Trinajstić information content (AvgIpc) is 2.75. The Balaban J connectivity index is 1.66. The Labute approximate surface area is 190 Å². The maximum Gasteiger partial charge on any atom is 0.326 e. The number of rotatable bonds is 8. The quantitative estimate of drug-likeness (QED) is 0.426. The number of carbonyl (C=O) groups is 2. The molecule has 1 amide bonds. The zero-order valence-electron chi connectivity index (χ0n) is 16.7. The van der Waals surface area contributed by atoms with Crippen LogP contribution in [0.5, 0.6) is 0 Å². The molecule has 31 heavy (non-hydrogen) atoms. The van der Waals surface area contributed by atoms with E-state index in [0.29, 0.717) is 5.69 Å². The van der Waals surface area contributed by atoms with Crippen molar-refractivity contribution in [3.05, 3.63) is 87.7 Å². The number of pyridine rings is 1. The molecular weight excluding hydrogens is 437 g/mol. The Morgan fingerprint density at radius 1 is 0.935 bits per heavy atom. The molecule has 0 aliphatic carbocycles. The van der Waals surface area contributed by atoms with Gasteiger partial charge in [-0.15, -0.1) is 0 Å². The lowest BCUT2D eigenvalue weighted by molar-refractivity contribution is -0.137. The number of carbonyl (C=O) groups excluding carboxylic acids is 1. The van der Waals surface area contributed by atoms with Gasteiger partial charge in [-0.1, -0.05) is 54.4 Å². The summed E-state index contributed by atoms with van der Waals surface area (Å²) in [4.78, 5) is 28.0. The predicted octanol–water partition coefficient (Wildman–Crippen LogP) is 5.31. The third kappa shape index (κ3) is 5.96. The molecule has 0 saturated heterocycles. The van der Waals surface area contributed by atoms with Gasteiger partial charge < -0.3 is 15.7 Å². The third-order valence-electron chi connectivity index (χ3n) is 4.73. The van der Waals surface area contributed by atoms with Crippen molar-refractivity contribution in [1.29, 1.82) is 0 Å². The van der Waals surface area contributed by atoms with E-state index < -0.39 is 17.9 Å². The van der Waals surface area contributed by atoms with Gasteiger partial charge in [0.1, 0.15) is 6.04 Å². The van der Waals surface area contributed by atoms with E-state index in [0.717, 1.165) is 17.7 Å². The first-order valence-corrected chi connectivity index (χ1v) is 10.4. The molecule has 0 radical (unpaired) electrons. The van der Waals surface area contributed by atoms with Gasteiger partial charge in [-0.05, 0) is 41.8 Å². The number of aromatic nitrogens is 1. The van der Waals surface area contributed by atoms with Gasteiger partial charge in [0.15, 0.2) is 0 Å². The Morgan fingerprint density at radius 2 is 1.48 bits per heavy atom. The van der Waals surface area contributed by atoms with E-state index in [1.165, 1.54) is 18.0 Å². The van der Waals surface area contributed by atoms with Crippen LogP contribution in [0.2, 0.25) is 10.0 Å². The lowest BCUT2D eigenvalue weighted by Crippen LogP contribution is -2.31. The fourth-order valence-electron chi connectivity index (χ4n) is 3.02. The highest BCUT2D eigenvalue weighted by atomic mass is 35.5. The molecule has 6 nitrogen and oxygen atoms in total. The number of anilines is 2. The molecule has 1 atom stereocenters. The molecule has 1 unspecified atom stereocenters. The van der Waals surface area contributed by atoms with Crippen molar-refractivity contribution < 1.29 is 14.7 Å². The molecule has 8 heteroatoms. The summed E-state index contributed by atoms with van der Waals surface area (Å²) in [6, 6.07) is 13.8. The van der Waals surface area contributed by atoms with E-state index in [4.69, 9.17) is 23.2 Å². The zero-order valence-corrected chi connectivity index (χ0v) is 18.2. The van der Waals surface area contributed by atoms with Gasteiger partial charge in [-0.25, -0.2) is 4.79 Å². The van der Waals surface area contributed by atoms with Crippen LogP contribution in [-0.2, 0) is 17.6 Å². The normalized spacial score (nSPS) is 11.6. The summed E-state index contributed by atoms with van der Waals surface area (Å²) in [7, 11) is 0. The number of halogens is 2. The van der Waals surface area contributed by atoms with Gasteiger partial charge >= 0.3 is 5.97 Å². The second kappa shape index (κ2) is 10.3. The van der Waals surface area contributed by atoms with Crippen LogP contribution in [0.4, 0.5) is 11.4 Å². The summed E-state index contributed by atoms with van der Waals surface area (Å²) in [6.45, 7) is 2.06. The Morgan fingerprint density at radius 3 is 2.03 bits per heavy atom. The van der Waals surface area contributed by atoms with Crippen LogP contribution in [0.25, 0.3) is 0 Å². The van der Waals surface area contributed by atoms with Gasteiger partial charge in [-0.2, -0.15) is 0 Å². The minimum absolute atomic E-state index is 0.145. The zero-order chi connectivity index (χ0) is 22.4. The summed E-state index contributed by atoms with van der Waals surface area (Å²) in [6.07, 6.45) is 3.90. The van der Waals surface area contributed by atoms with E-state index >= 15 is 0 Å². The van der Waals surface area contributed by atoms with Gasteiger partial charge in [0, 0.05) is 30.2 Å². The molecule has 1 heterocycles. The molecule has 2 aromatic carbocycles. The lowest BCUT2D eigenvalue weighted by Gasteiger charge is -2.16. The number of carboxylic acid groups (broad SMARTS) is 1. The second-order valence-electron chi connectivity index (χ2n) is 6.92. The number of nitrogens with one attached hydrogen (secondary N) is 2. The average molecular weight is 458 g/mol. The Kier molecular flexibility index (Phi) is 7.50. The molecule has 0 spiro atoms. The fraction of sp³-hybridized carbons (Fsp3) is 0.174. The van der Waals surface area contributed by atoms with Gasteiger partial charge in [0.05, 0.1) is 15.6 Å². The van der Waals surface area contributed by atoms with Gasteiger partial charge in [0.25, 0.3) is 5.91 Å². The predicted molar refractivity (Wildman–Crippen MR) is 123 cm³/mol. The highest BCUT2D eigenvalue weighted by molar-refractivity contribution is 6.40. The highest BCUT2D eigenvalue weighted by Gasteiger charge is 2.19. The number of hydrogen-bond donors (Lipinski definition) is 3. The van der Waals surface area contributed by atoms with Crippen molar-refractivity contribution in [3.8, 4) is 0 Å². The third-order valence-corrected chi connectivity index (χ3v) is 5.31. The second-order valence-corrected chi connectivity index (χ2v) is 7.73. The Hall–Kier alpha value is -3.09. The molecule has 0 aliphatic heterocycles. The first-order chi connectivity index (χ1) is 14.9. The van der Waals surface area contributed by atoms with Crippen LogP contribution in [0.3, 0.4) is 0 Å². The lowest BCUT2D eigenvalue weighted by atomic mass is 10.0. The number of aliphatic carboxylic acids is 1. The van der Waals surface area contributed by atoms with Gasteiger partial charge in [0.2, 0.25) is 0 Å². The van der Waals surface area contributed by atoms with E-state index in [9.17, 15) is 14.7 Å². The molecule has 0 bridgehead atoms. The van der Waals surface area contributed by atoms with E-state index in [1.54, 1.807) is 24.3 Å². The number of amides is 1. The number of benzene rings is 2. The van der Waals surface area contributed by atoms with Crippen LogP contribution < -0.4 is 10.6 Å². The van der Waals surface area contributed by atoms with E-state index in [1.807, 2.05) is 24.3 Å². The van der Waals surface area contributed by atoms with Crippen LogP contribution >= 0.6 is 23.2 Å². The molecule has 1 aromatic heterocycles. The summed E-state index contributed by atoms with van der Waals surface area (Å²) in [5.41, 5.74) is 3.42. The summed E-state index contributed by atoms with van der Waals surface area (Å²) >= 11 is 12.0. The molecule has 3 rings (SSSR count). The number of nitrogens with zero attached hydrogens (tertiary/aromatic N) is 1. The monoisotopic (exact) mass is 457 g/mol. The SMILES string of the molecule is CCc1ccc(NC(Cc2ccc(NC(=O)c3c(Cl)cncc3Cl)cc2)C(=O)O)cc1. The fourth-order valence-corrected chi connectivity index (χ4v) is 3.56. The number of aryl methyl sites for hydroxylation is 1. The van der Waals surface area contributed by atoms with Crippen LogP contribution in [-0.4, -0.2) is 28.0 Å². The maximum atomic E-state index is 12.5. The Bertz CT molecular complexity index is 1050. The van der Waals surface area contributed by atoms with Gasteiger partial charge in [-0.3, -0.25) is 9.78 Å². The van der Waals surface area contributed by atoms with Crippen molar-refractivity contribution in [1.82, 2.24) is 4.98 Å². The van der Waals surface area contributed by atoms with E-state index in [2.05, 4.69) is 22.5 Å². The van der Waals surface area contributed by atoms with Crippen molar-refractivity contribution in [2.45, 2.75) is 25.8 Å². The maximum absolute atomic E-state index is 12.5. The highest BCUT2D eigenvalue weighted by Crippen LogP contribution is 2.24. The minimum Gasteiger partial charge on any atom is -0.480 e. The van der Waals surface area contributed by atoms with E-state index in [-0.39, 0.29) is 22.0 Å². The van der Waals surface area contributed by atoms with Crippen LogP contribution in [0.1, 0.15) is 28.4 Å². The standard InChI is InChI=1S/C23H21Cl2N3O3/c1-2-14-3-7-16(8-4-14)27-20(23(30)31)11-15-5-9-17(10-6-15)28-22(29)21-18(24)12-26-13-19(21)25/h3-10,12-13,20,27H,2,11H2,1H3,(H,28,29)(H,30,31). The van der Waals surface area contributed by atoms with Crippen molar-refractivity contribution >= 4 is 46.5 Å².